The van der Waals surface area contributed by atoms with E-state index < -0.39 is 26.6 Å². The monoisotopic (exact) mass is 252 g/mol. The Balaban J connectivity index is 3.78. The predicted molar refractivity (Wildman–Crippen MR) is 63.8 cm³/mol. The molecule has 0 heterocycles. The fourth-order valence-corrected chi connectivity index (χ4v) is 1.76. The van der Waals surface area contributed by atoms with Crippen molar-refractivity contribution >= 4 is 17.7 Å². The topological polar surface area (TPSA) is 103 Å². The molecule has 18 heavy (non-hydrogen) atoms. The van der Waals surface area contributed by atoms with Crippen LogP contribution in [0.2, 0.25) is 0 Å². The van der Waals surface area contributed by atoms with Gasteiger partial charge in [-0.2, -0.15) is 0 Å². The summed E-state index contributed by atoms with van der Waals surface area (Å²) in [6.07, 6.45) is 0.354. The van der Waals surface area contributed by atoms with E-state index in [0.717, 1.165) is 12.1 Å². The molecule has 7 nitrogen and oxygen atoms in total. The number of hydrogen-bond donors (Lipinski definition) is 0. The third kappa shape index (κ3) is 2.50. The van der Waals surface area contributed by atoms with E-state index in [-0.39, 0.29) is 11.1 Å². The van der Waals surface area contributed by atoms with Crippen molar-refractivity contribution in [1.82, 2.24) is 0 Å². The second-order valence-electron chi connectivity index (χ2n) is 4.82. The van der Waals surface area contributed by atoms with E-state index >= 15 is 0 Å². The number of nitro benzene ring substituents is 2. The van der Waals surface area contributed by atoms with Crippen molar-refractivity contribution in [3.05, 3.63) is 43.5 Å². The second-order valence-corrected chi connectivity index (χ2v) is 4.82. The number of hydrogen-bond acceptors (Lipinski definition) is 5. The lowest BCUT2D eigenvalue weighted by Gasteiger charge is -2.18. The predicted octanol–water partition coefficient (Wildman–Crippen LogP) is 2.61. The van der Waals surface area contributed by atoms with Gasteiger partial charge in [0, 0.05) is 23.1 Å². The normalized spacial score (nSPS) is 11.1. The molecule has 1 rings (SSSR count). The molecule has 1 aromatic carbocycles. The molecule has 0 aliphatic carbocycles. The maximum absolute atomic E-state index is 11.0. The van der Waals surface area contributed by atoms with Crippen LogP contribution in [-0.2, 0) is 5.41 Å². The van der Waals surface area contributed by atoms with Crippen molar-refractivity contribution in [2.45, 2.75) is 26.2 Å². The third-order valence-electron chi connectivity index (χ3n) is 2.40. The number of benzene rings is 1. The first kappa shape index (κ1) is 13.8. The number of carbonyl (C=O) groups is 1. The zero-order chi connectivity index (χ0) is 14.1. The highest BCUT2D eigenvalue weighted by Crippen LogP contribution is 2.39. The molecule has 96 valence electrons. The van der Waals surface area contributed by atoms with Crippen LogP contribution in [0.15, 0.2) is 12.1 Å². The Bertz CT molecular complexity index is 496. The van der Waals surface area contributed by atoms with E-state index in [4.69, 9.17) is 0 Å². The molecule has 0 saturated heterocycles. The van der Waals surface area contributed by atoms with Gasteiger partial charge in [0.15, 0.2) is 6.29 Å². The molecule has 0 aliphatic heterocycles. The van der Waals surface area contributed by atoms with Crippen LogP contribution in [0.4, 0.5) is 11.4 Å². The Morgan fingerprint density at radius 3 is 1.67 bits per heavy atom. The van der Waals surface area contributed by atoms with Crippen molar-refractivity contribution in [2.24, 2.45) is 0 Å². The van der Waals surface area contributed by atoms with E-state index in [1.807, 2.05) is 0 Å². The first-order chi connectivity index (χ1) is 8.18. The SMILES string of the molecule is CC(C)(C)c1c([N+](=O)[O-])cc(C=O)cc1[N+](=O)[O-]. The van der Waals surface area contributed by atoms with Crippen LogP contribution in [-0.4, -0.2) is 16.1 Å². The molecule has 0 unspecified atom stereocenters. The van der Waals surface area contributed by atoms with Crippen molar-refractivity contribution in [3.63, 3.8) is 0 Å². The molecule has 0 amide bonds. The van der Waals surface area contributed by atoms with Gasteiger partial charge in [0.25, 0.3) is 11.4 Å². The smallest absolute Gasteiger partial charge is 0.280 e. The van der Waals surface area contributed by atoms with Gasteiger partial charge >= 0.3 is 0 Å². The molecule has 0 N–H and O–H groups in total. The summed E-state index contributed by atoms with van der Waals surface area (Å²) in [7, 11) is 0. The summed E-state index contributed by atoms with van der Waals surface area (Å²) in [6, 6.07) is 2.11. The molecule has 0 radical (unpaired) electrons. The van der Waals surface area contributed by atoms with Crippen LogP contribution in [0.1, 0.15) is 36.7 Å². The van der Waals surface area contributed by atoms with E-state index in [9.17, 15) is 25.0 Å². The quantitative estimate of drug-likeness (QED) is 0.467. The minimum atomic E-state index is -0.772. The summed E-state index contributed by atoms with van der Waals surface area (Å²) in [6.45, 7) is 4.93. The van der Waals surface area contributed by atoms with Crippen molar-refractivity contribution < 1.29 is 14.6 Å². The van der Waals surface area contributed by atoms with Gasteiger partial charge in [-0.25, -0.2) is 0 Å². The molecule has 0 bridgehead atoms. The summed E-state index contributed by atoms with van der Waals surface area (Å²) in [5.41, 5.74) is -1.64. The Morgan fingerprint density at radius 2 is 1.44 bits per heavy atom. The fraction of sp³-hybridized carbons (Fsp3) is 0.364. The molecule has 7 heteroatoms. The van der Waals surface area contributed by atoms with Crippen LogP contribution in [0.25, 0.3) is 0 Å². The number of nitrogens with zero attached hydrogens (tertiary/aromatic N) is 2. The van der Waals surface area contributed by atoms with Gasteiger partial charge in [-0.1, -0.05) is 20.8 Å². The number of aldehydes is 1. The van der Waals surface area contributed by atoms with Crippen LogP contribution < -0.4 is 0 Å². The minimum Gasteiger partial charge on any atom is -0.298 e. The maximum atomic E-state index is 11.0. The number of nitro groups is 2. The van der Waals surface area contributed by atoms with E-state index in [2.05, 4.69) is 0 Å². The highest BCUT2D eigenvalue weighted by Gasteiger charge is 2.34. The van der Waals surface area contributed by atoms with E-state index in [1.54, 1.807) is 20.8 Å². The Hall–Kier alpha value is -2.31. The lowest BCUT2D eigenvalue weighted by atomic mass is 9.84. The summed E-state index contributed by atoms with van der Waals surface area (Å²) < 4.78 is 0. The molecular formula is C11H12N2O5. The molecular weight excluding hydrogens is 240 g/mol. The Morgan fingerprint density at radius 1 is 1.06 bits per heavy atom. The highest BCUT2D eigenvalue weighted by atomic mass is 16.6. The average Bonchev–Trinajstić information content (AvgIpc) is 2.25. The fourth-order valence-electron chi connectivity index (χ4n) is 1.76. The largest absolute Gasteiger partial charge is 0.298 e. The van der Waals surface area contributed by atoms with Crippen LogP contribution >= 0.6 is 0 Å². The minimum absolute atomic E-state index is 0.0168. The molecule has 0 atom stereocenters. The van der Waals surface area contributed by atoms with E-state index in [1.165, 1.54) is 0 Å². The molecule has 0 aromatic heterocycles. The van der Waals surface area contributed by atoms with Gasteiger partial charge in [-0.3, -0.25) is 25.0 Å². The summed E-state index contributed by atoms with van der Waals surface area (Å²) in [5, 5.41) is 22.0. The maximum Gasteiger partial charge on any atom is 0.280 e. The Kier molecular flexibility index (Phi) is 3.45. The first-order valence-electron chi connectivity index (χ1n) is 5.11. The molecule has 0 saturated carbocycles. The molecule has 0 aliphatic rings. The summed E-state index contributed by atoms with van der Waals surface area (Å²) in [5.74, 6) is 0. The van der Waals surface area contributed by atoms with Gasteiger partial charge in [-0.15, -0.1) is 0 Å². The second kappa shape index (κ2) is 4.52. The molecule has 0 fully saturated rings. The van der Waals surface area contributed by atoms with Crippen molar-refractivity contribution in [2.75, 3.05) is 0 Å². The zero-order valence-corrected chi connectivity index (χ0v) is 10.2. The van der Waals surface area contributed by atoms with E-state index in [0.29, 0.717) is 6.29 Å². The van der Waals surface area contributed by atoms with Crippen molar-refractivity contribution in [1.29, 1.82) is 0 Å². The van der Waals surface area contributed by atoms with Crippen LogP contribution in [0, 0.1) is 20.2 Å². The summed E-state index contributed by atoms with van der Waals surface area (Å²) in [4.78, 5) is 31.2. The first-order valence-corrected chi connectivity index (χ1v) is 5.11. The summed E-state index contributed by atoms with van der Waals surface area (Å²) >= 11 is 0. The molecule has 1 aromatic rings. The van der Waals surface area contributed by atoms with Gasteiger partial charge < -0.3 is 0 Å². The van der Waals surface area contributed by atoms with Gasteiger partial charge in [0.2, 0.25) is 0 Å². The average molecular weight is 252 g/mol. The third-order valence-corrected chi connectivity index (χ3v) is 2.40. The van der Waals surface area contributed by atoms with Gasteiger partial charge in [0.1, 0.15) is 5.56 Å². The van der Waals surface area contributed by atoms with Gasteiger partial charge in [0.05, 0.1) is 9.85 Å². The lowest BCUT2D eigenvalue weighted by Crippen LogP contribution is -2.17. The number of rotatable bonds is 3. The van der Waals surface area contributed by atoms with Crippen LogP contribution in [0.5, 0.6) is 0 Å². The number of carbonyl (C=O) groups excluding carboxylic acids is 1. The van der Waals surface area contributed by atoms with Crippen LogP contribution in [0.3, 0.4) is 0 Å². The highest BCUT2D eigenvalue weighted by molar-refractivity contribution is 5.79. The van der Waals surface area contributed by atoms with Crippen molar-refractivity contribution in [3.8, 4) is 0 Å². The lowest BCUT2D eigenvalue weighted by molar-refractivity contribution is -0.396. The van der Waals surface area contributed by atoms with Gasteiger partial charge in [-0.05, 0) is 0 Å². The Labute approximate surface area is 103 Å². The zero-order valence-electron chi connectivity index (χ0n) is 10.2. The molecule has 0 spiro atoms. The standard InChI is InChI=1S/C11H12N2O5/c1-11(2,3)10-8(12(15)16)4-7(6-14)5-9(10)13(17)18/h4-6H,1-3H3.